The highest BCUT2D eigenvalue weighted by atomic mass is 32.1. The number of carboxylic acid groups (broad SMARTS) is 1. The third-order valence-electron chi connectivity index (χ3n) is 3.67. The monoisotopic (exact) mass is 311 g/mol. The van der Waals surface area contributed by atoms with E-state index in [4.69, 9.17) is 5.11 Å². The minimum absolute atomic E-state index is 0.0307. The van der Waals surface area contributed by atoms with Crippen LogP contribution in [0.3, 0.4) is 0 Å². The maximum atomic E-state index is 12.1. The summed E-state index contributed by atoms with van der Waals surface area (Å²) in [6.07, 6.45) is 2.52. The standard InChI is InChI=1S/C16H25NO3S/c1-5-12-11(2)10-13(21-12)15(20)17-9-8-16(3,4)7-6-14(18)19/h10H,5-9H2,1-4H3,(H,17,20)(H,18,19). The molecule has 0 bridgehead atoms. The number of thiophene rings is 1. The van der Waals surface area contributed by atoms with Crippen molar-refractivity contribution in [1.82, 2.24) is 5.32 Å². The van der Waals surface area contributed by atoms with Crippen LogP contribution in [-0.4, -0.2) is 23.5 Å². The van der Waals surface area contributed by atoms with Crippen molar-refractivity contribution < 1.29 is 14.7 Å². The van der Waals surface area contributed by atoms with Crippen molar-refractivity contribution in [1.29, 1.82) is 0 Å². The molecule has 2 N–H and O–H groups in total. The Labute approximate surface area is 130 Å². The molecule has 0 radical (unpaired) electrons. The second-order valence-corrected chi connectivity index (χ2v) is 7.27. The molecule has 1 amide bonds. The van der Waals surface area contributed by atoms with Gasteiger partial charge in [0, 0.05) is 17.8 Å². The van der Waals surface area contributed by atoms with Crippen molar-refractivity contribution in [2.45, 2.75) is 53.4 Å². The van der Waals surface area contributed by atoms with Crippen LogP contribution in [0.15, 0.2) is 6.07 Å². The number of hydrogen-bond donors (Lipinski definition) is 2. The number of nitrogens with one attached hydrogen (secondary N) is 1. The summed E-state index contributed by atoms with van der Waals surface area (Å²) in [7, 11) is 0. The van der Waals surface area contributed by atoms with Crippen molar-refractivity contribution >= 4 is 23.2 Å². The fourth-order valence-corrected chi connectivity index (χ4v) is 3.18. The van der Waals surface area contributed by atoms with Crippen LogP contribution in [-0.2, 0) is 11.2 Å². The molecule has 118 valence electrons. The maximum Gasteiger partial charge on any atom is 0.303 e. The van der Waals surface area contributed by atoms with Gasteiger partial charge in [-0.25, -0.2) is 0 Å². The number of carbonyl (C=O) groups excluding carboxylic acids is 1. The van der Waals surface area contributed by atoms with Gasteiger partial charge in [-0.15, -0.1) is 11.3 Å². The fraction of sp³-hybridized carbons (Fsp3) is 0.625. The van der Waals surface area contributed by atoms with Crippen LogP contribution >= 0.6 is 11.3 Å². The zero-order chi connectivity index (χ0) is 16.0. The van der Waals surface area contributed by atoms with Gasteiger partial charge in [-0.3, -0.25) is 9.59 Å². The summed E-state index contributed by atoms with van der Waals surface area (Å²) in [5, 5.41) is 11.7. The van der Waals surface area contributed by atoms with Gasteiger partial charge in [0.25, 0.3) is 5.91 Å². The molecule has 1 aromatic rings. The Morgan fingerprint density at radius 2 is 2.00 bits per heavy atom. The molecule has 0 unspecified atom stereocenters. The molecule has 0 atom stereocenters. The van der Waals surface area contributed by atoms with Gasteiger partial charge in [0.2, 0.25) is 0 Å². The first-order chi connectivity index (χ1) is 9.75. The molecule has 1 rings (SSSR count). The predicted molar refractivity (Wildman–Crippen MR) is 86.0 cm³/mol. The number of hydrogen-bond acceptors (Lipinski definition) is 3. The Hall–Kier alpha value is -1.36. The number of carbonyl (C=O) groups is 2. The second kappa shape index (κ2) is 7.59. The third kappa shape index (κ3) is 5.87. The Morgan fingerprint density at radius 3 is 2.52 bits per heavy atom. The number of aliphatic carboxylic acids is 1. The van der Waals surface area contributed by atoms with E-state index in [1.807, 2.05) is 26.8 Å². The van der Waals surface area contributed by atoms with E-state index < -0.39 is 5.97 Å². The fourth-order valence-electron chi connectivity index (χ4n) is 2.15. The predicted octanol–water partition coefficient (Wildman–Crippen LogP) is 3.63. The van der Waals surface area contributed by atoms with Gasteiger partial charge in [0.1, 0.15) is 0 Å². The molecule has 0 saturated heterocycles. The molecule has 0 aliphatic carbocycles. The lowest BCUT2D eigenvalue weighted by Gasteiger charge is -2.23. The van der Waals surface area contributed by atoms with Crippen molar-refractivity contribution in [3.8, 4) is 0 Å². The molecule has 4 nitrogen and oxygen atoms in total. The lowest BCUT2D eigenvalue weighted by Crippen LogP contribution is -2.27. The van der Waals surface area contributed by atoms with Crippen LogP contribution in [0.5, 0.6) is 0 Å². The van der Waals surface area contributed by atoms with Crippen LogP contribution in [0, 0.1) is 12.3 Å². The van der Waals surface area contributed by atoms with Gasteiger partial charge in [0.15, 0.2) is 0 Å². The molecule has 21 heavy (non-hydrogen) atoms. The highest BCUT2D eigenvalue weighted by molar-refractivity contribution is 7.14. The van der Waals surface area contributed by atoms with Gasteiger partial charge in [-0.2, -0.15) is 0 Å². The first-order valence-electron chi connectivity index (χ1n) is 7.34. The number of aryl methyl sites for hydroxylation is 2. The normalized spacial score (nSPS) is 11.4. The molecule has 0 fully saturated rings. The maximum absolute atomic E-state index is 12.1. The second-order valence-electron chi connectivity index (χ2n) is 6.13. The molecular formula is C16H25NO3S. The molecular weight excluding hydrogens is 286 g/mol. The van der Waals surface area contributed by atoms with Crippen LogP contribution in [0.2, 0.25) is 0 Å². The van der Waals surface area contributed by atoms with E-state index in [0.717, 1.165) is 17.7 Å². The zero-order valence-electron chi connectivity index (χ0n) is 13.3. The first-order valence-corrected chi connectivity index (χ1v) is 8.16. The quantitative estimate of drug-likeness (QED) is 0.770. The zero-order valence-corrected chi connectivity index (χ0v) is 14.1. The summed E-state index contributed by atoms with van der Waals surface area (Å²) >= 11 is 1.55. The molecule has 0 spiro atoms. The molecule has 5 heteroatoms. The summed E-state index contributed by atoms with van der Waals surface area (Å²) in [4.78, 5) is 24.7. The Bertz CT molecular complexity index is 506. The van der Waals surface area contributed by atoms with Gasteiger partial charge in [-0.1, -0.05) is 20.8 Å². The van der Waals surface area contributed by atoms with Gasteiger partial charge >= 0.3 is 5.97 Å². The Kier molecular flexibility index (Phi) is 6.40. The minimum Gasteiger partial charge on any atom is -0.481 e. The van der Waals surface area contributed by atoms with E-state index in [-0.39, 0.29) is 17.7 Å². The van der Waals surface area contributed by atoms with E-state index in [0.29, 0.717) is 13.0 Å². The smallest absolute Gasteiger partial charge is 0.303 e. The lowest BCUT2D eigenvalue weighted by molar-refractivity contribution is -0.137. The highest BCUT2D eigenvalue weighted by Crippen LogP contribution is 2.26. The molecule has 0 aliphatic heterocycles. The molecule has 0 aromatic carbocycles. The SMILES string of the molecule is CCc1sc(C(=O)NCCC(C)(C)CCC(=O)O)cc1C. The first kappa shape index (κ1) is 17.7. The summed E-state index contributed by atoms with van der Waals surface area (Å²) in [6.45, 7) is 8.76. The Morgan fingerprint density at radius 1 is 1.33 bits per heavy atom. The van der Waals surface area contributed by atoms with Crippen molar-refractivity contribution in [3.63, 3.8) is 0 Å². The average Bonchev–Trinajstić information content (AvgIpc) is 2.77. The number of amides is 1. The van der Waals surface area contributed by atoms with Crippen LogP contribution in [0.25, 0.3) is 0 Å². The van der Waals surface area contributed by atoms with Gasteiger partial charge in [-0.05, 0) is 43.2 Å². The van der Waals surface area contributed by atoms with Crippen molar-refractivity contribution in [2.75, 3.05) is 6.54 Å². The van der Waals surface area contributed by atoms with Crippen LogP contribution in [0.1, 0.15) is 60.1 Å². The summed E-state index contributed by atoms with van der Waals surface area (Å²) in [5.41, 5.74) is 1.10. The van der Waals surface area contributed by atoms with Gasteiger partial charge < -0.3 is 10.4 Å². The summed E-state index contributed by atoms with van der Waals surface area (Å²) in [6, 6.07) is 1.94. The topological polar surface area (TPSA) is 66.4 Å². The van der Waals surface area contributed by atoms with E-state index >= 15 is 0 Å². The van der Waals surface area contributed by atoms with Gasteiger partial charge in [0.05, 0.1) is 4.88 Å². The largest absolute Gasteiger partial charge is 0.481 e. The van der Waals surface area contributed by atoms with E-state index in [2.05, 4.69) is 12.2 Å². The molecule has 0 saturated carbocycles. The number of rotatable bonds is 8. The van der Waals surface area contributed by atoms with E-state index in [1.54, 1.807) is 11.3 Å². The number of carboxylic acids is 1. The summed E-state index contributed by atoms with van der Waals surface area (Å²) in [5.74, 6) is -0.801. The average molecular weight is 311 g/mol. The molecule has 1 aromatic heterocycles. The van der Waals surface area contributed by atoms with E-state index in [9.17, 15) is 9.59 Å². The Balaban J connectivity index is 2.44. The minimum atomic E-state index is -0.770. The summed E-state index contributed by atoms with van der Waals surface area (Å²) < 4.78 is 0. The van der Waals surface area contributed by atoms with Crippen molar-refractivity contribution in [3.05, 3.63) is 21.4 Å². The van der Waals surface area contributed by atoms with Crippen LogP contribution < -0.4 is 5.32 Å². The lowest BCUT2D eigenvalue weighted by atomic mass is 9.84. The molecule has 0 aliphatic rings. The van der Waals surface area contributed by atoms with Crippen molar-refractivity contribution in [2.24, 2.45) is 5.41 Å². The highest BCUT2D eigenvalue weighted by Gasteiger charge is 2.19. The third-order valence-corrected chi connectivity index (χ3v) is 5.05. The van der Waals surface area contributed by atoms with Crippen LogP contribution in [0.4, 0.5) is 0 Å². The molecule has 1 heterocycles. The van der Waals surface area contributed by atoms with E-state index in [1.165, 1.54) is 10.4 Å².